The maximum Gasteiger partial charge on any atom is 0.338 e. The standard InChI is InChI=1S/C10H18O6/c1-3-5-15-9(13)7(11)8(12)10(14)16-6-4-2/h7-8,11-12H,3-6H2,1-2H3/t7-,8-/m1/s1. The Balaban J connectivity index is 4.09. The summed E-state index contributed by atoms with van der Waals surface area (Å²) in [6.45, 7) is 3.83. The average Bonchev–Trinajstić information content (AvgIpc) is 2.30. The molecule has 0 spiro atoms. The van der Waals surface area contributed by atoms with Crippen molar-refractivity contribution in [2.24, 2.45) is 0 Å². The number of rotatable bonds is 7. The summed E-state index contributed by atoms with van der Waals surface area (Å²) in [4.78, 5) is 22.2. The van der Waals surface area contributed by atoms with Crippen molar-refractivity contribution in [3.8, 4) is 0 Å². The summed E-state index contributed by atoms with van der Waals surface area (Å²) in [6.07, 6.45) is -2.60. The number of hydrogen-bond acceptors (Lipinski definition) is 6. The minimum atomic E-state index is -1.89. The number of hydrogen-bond donors (Lipinski definition) is 2. The van der Waals surface area contributed by atoms with E-state index in [1.165, 1.54) is 0 Å². The van der Waals surface area contributed by atoms with Crippen molar-refractivity contribution in [1.29, 1.82) is 0 Å². The van der Waals surface area contributed by atoms with Crippen LogP contribution in [0.2, 0.25) is 0 Å². The molecule has 0 radical (unpaired) electrons. The first-order valence-electron chi connectivity index (χ1n) is 5.24. The van der Waals surface area contributed by atoms with E-state index < -0.39 is 24.1 Å². The molecule has 0 aliphatic carbocycles. The molecular weight excluding hydrogens is 216 g/mol. The number of aliphatic hydroxyl groups is 2. The Kier molecular flexibility index (Phi) is 7.49. The lowest BCUT2D eigenvalue weighted by molar-refractivity contribution is -0.173. The topological polar surface area (TPSA) is 93.1 Å². The SMILES string of the molecule is CCCOC(=O)[C@H](O)[C@@H](O)C(=O)OCCC. The van der Waals surface area contributed by atoms with Crippen LogP contribution in [0.1, 0.15) is 26.7 Å². The van der Waals surface area contributed by atoms with Crippen molar-refractivity contribution < 1.29 is 29.3 Å². The first-order chi connectivity index (χ1) is 7.54. The third kappa shape index (κ3) is 5.09. The molecule has 94 valence electrons. The first kappa shape index (κ1) is 14.9. The van der Waals surface area contributed by atoms with Crippen LogP contribution in [0.4, 0.5) is 0 Å². The zero-order valence-electron chi connectivity index (χ0n) is 9.51. The molecule has 0 unspecified atom stereocenters. The van der Waals surface area contributed by atoms with E-state index >= 15 is 0 Å². The summed E-state index contributed by atoms with van der Waals surface area (Å²) >= 11 is 0. The van der Waals surface area contributed by atoms with E-state index in [1.54, 1.807) is 13.8 Å². The third-order valence-corrected chi connectivity index (χ3v) is 1.68. The lowest BCUT2D eigenvalue weighted by Crippen LogP contribution is -2.41. The van der Waals surface area contributed by atoms with Crippen molar-refractivity contribution in [2.45, 2.75) is 38.9 Å². The van der Waals surface area contributed by atoms with Gasteiger partial charge in [-0.1, -0.05) is 13.8 Å². The lowest BCUT2D eigenvalue weighted by atomic mass is 10.2. The zero-order valence-corrected chi connectivity index (χ0v) is 9.51. The number of esters is 2. The van der Waals surface area contributed by atoms with Crippen LogP contribution in [0.25, 0.3) is 0 Å². The fourth-order valence-electron chi connectivity index (χ4n) is 0.834. The Hall–Kier alpha value is -1.14. The van der Waals surface area contributed by atoms with E-state index in [9.17, 15) is 19.8 Å². The van der Waals surface area contributed by atoms with Gasteiger partial charge in [0.2, 0.25) is 0 Å². The maximum atomic E-state index is 11.1. The summed E-state index contributed by atoms with van der Waals surface area (Å²) in [7, 11) is 0. The van der Waals surface area contributed by atoms with Crippen LogP contribution in [0.3, 0.4) is 0 Å². The molecule has 2 atom stereocenters. The second-order valence-corrected chi connectivity index (χ2v) is 3.22. The van der Waals surface area contributed by atoms with Crippen molar-refractivity contribution >= 4 is 11.9 Å². The molecule has 0 rings (SSSR count). The highest BCUT2D eigenvalue weighted by Gasteiger charge is 2.32. The van der Waals surface area contributed by atoms with Gasteiger partial charge >= 0.3 is 11.9 Å². The maximum absolute atomic E-state index is 11.1. The molecule has 16 heavy (non-hydrogen) atoms. The highest BCUT2D eigenvalue weighted by atomic mass is 16.6. The van der Waals surface area contributed by atoms with Crippen LogP contribution < -0.4 is 0 Å². The molecular formula is C10H18O6. The van der Waals surface area contributed by atoms with E-state index in [1.807, 2.05) is 0 Å². The molecule has 0 aromatic rings. The zero-order chi connectivity index (χ0) is 12.6. The third-order valence-electron chi connectivity index (χ3n) is 1.68. The number of aliphatic hydroxyl groups excluding tert-OH is 2. The fraction of sp³-hybridized carbons (Fsp3) is 0.800. The van der Waals surface area contributed by atoms with E-state index in [4.69, 9.17) is 0 Å². The fourth-order valence-corrected chi connectivity index (χ4v) is 0.834. The minimum Gasteiger partial charge on any atom is -0.464 e. The molecule has 6 nitrogen and oxygen atoms in total. The van der Waals surface area contributed by atoms with Crippen LogP contribution in [0.5, 0.6) is 0 Å². The lowest BCUT2D eigenvalue weighted by Gasteiger charge is -2.15. The van der Waals surface area contributed by atoms with Crippen LogP contribution >= 0.6 is 0 Å². The molecule has 0 aliphatic heterocycles. The number of ether oxygens (including phenoxy) is 2. The molecule has 0 fully saturated rings. The van der Waals surface area contributed by atoms with Gasteiger partial charge in [-0.05, 0) is 12.8 Å². The van der Waals surface area contributed by atoms with Crippen molar-refractivity contribution in [3.63, 3.8) is 0 Å². The van der Waals surface area contributed by atoms with Crippen LogP contribution in [0, 0.1) is 0 Å². The minimum absolute atomic E-state index is 0.132. The van der Waals surface area contributed by atoms with E-state index in [-0.39, 0.29) is 13.2 Å². The highest BCUT2D eigenvalue weighted by Crippen LogP contribution is 2.00. The second-order valence-electron chi connectivity index (χ2n) is 3.22. The Morgan fingerprint density at radius 3 is 1.50 bits per heavy atom. The molecule has 0 heterocycles. The molecule has 0 saturated heterocycles. The number of carbonyl (C=O) groups is 2. The van der Waals surface area contributed by atoms with Gasteiger partial charge < -0.3 is 19.7 Å². The molecule has 0 aromatic carbocycles. The van der Waals surface area contributed by atoms with Gasteiger partial charge in [-0.3, -0.25) is 0 Å². The van der Waals surface area contributed by atoms with Gasteiger partial charge in [-0.15, -0.1) is 0 Å². The molecule has 0 aliphatic rings. The Morgan fingerprint density at radius 2 is 1.25 bits per heavy atom. The summed E-state index contributed by atoms with van der Waals surface area (Å²) in [5.74, 6) is -2.05. The van der Waals surface area contributed by atoms with Crippen molar-refractivity contribution in [1.82, 2.24) is 0 Å². The van der Waals surface area contributed by atoms with Gasteiger partial charge in [0.25, 0.3) is 0 Å². The van der Waals surface area contributed by atoms with Gasteiger partial charge in [0.15, 0.2) is 12.2 Å². The van der Waals surface area contributed by atoms with Crippen LogP contribution in [-0.4, -0.2) is 47.6 Å². The van der Waals surface area contributed by atoms with Crippen molar-refractivity contribution in [3.05, 3.63) is 0 Å². The normalized spacial score (nSPS) is 14.0. The predicted molar refractivity (Wildman–Crippen MR) is 54.5 cm³/mol. The smallest absolute Gasteiger partial charge is 0.338 e. The van der Waals surface area contributed by atoms with Crippen molar-refractivity contribution in [2.75, 3.05) is 13.2 Å². The Morgan fingerprint density at radius 1 is 0.938 bits per heavy atom. The van der Waals surface area contributed by atoms with Gasteiger partial charge in [-0.25, -0.2) is 9.59 Å². The average molecular weight is 234 g/mol. The van der Waals surface area contributed by atoms with E-state index in [0.717, 1.165) is 0 Å². The Labute approximate surface area is 94.2 Å². The molecule has 0 amide bonds. The number of carbonyl (C=O) groups excluding carboxylic acids is 2. The molecule has 0 saturated carbocycles. The molecule has 6 heteroatoms. The second kappa shape index (κ2) is 8.06. The monoisotopic (exact) mass is 234 g/mol. The first-order valence-corrected chi connectivity index (χ1v) is 5.24. The Bertz CT molecular complexity index is 203. The van der Waals surface area contributed by atoms with Gasteiger partial charge in [0.1, 0.15) is 0 Å². The largest absolute Gasteiger partial charge is 0.464 e. The van der Waals surface area contributed by atoms with E-state index in [0.29, 0.717) is 12.8 Å². The van der Waals surface area contributed by atoms with Crippen LogP contribution in [0.15, 0.2) is 0 Å². The summed E-state index contributed by atoms with van der Waals surface area (Å²) in [5.41, 5.74) is 0. The van der Waals surface area contributed by atoms with Crippen LogP contribution in [-0.2, 0) is 19.1 Å². The van der Waals surface area contributed by atoms with Gasteiger partial charge in [0.05, 0.1) is 13.2 Å². The van der Waals surface area contributed by atoms with E-state index in [2.05, 4.69) is 9.47 Å². The summed E-state index contributed by atoms with van der Waals surface area (Å²) < 4.78 is 9.14. The molecule has 0 bridgehead atoms. The van der Waals surface area contributed by atoms with Gasteiger partial charge in [-0.2, -0.15) is 0 Å². The summed E-state index contributed by atoms with van der Waals surface area (Å²) in [6, 6.07) is 0. The van der Waals surface area contributed by atoms with Gasteiger partial charge in [0, 0.05) is 0 Å². The molecule has 2 N–H and O–H groups in total. The highest BCUT2D eigenvalue weighted by molar-refractivity contribution is 5.85. The predicted octanol–water partition coefficient (Wildman–Crippen LogP) is -0.385. The summed E-state index contributed by atoms with van der Waals surface area (Å²) in [5, 5.41) is 18.5. The quantitative estimate of drug-likeness (QED) is 0.583. The molecule has 0 aromatic heterocycles.